The minimum atomic E-state index is -4.49. The molecule has 3 N–H and O–H groups in total. The monoisotopic (exact) mass is 764 g/mol. The Morgan fingerprint density at radius 3 is 2.13 bits per heavy atom. The number of benzene rings is 4. The number of aromatic nitrogens is 2. The molecule has 0 fully saturated rings. The zero-order valence-electron chi connectivity index (χ0n) is 27.5. The number of sulfonamides is 1. The van der Waals surface area contributed by atoms with Crippen LogP contribution in [0.2, 0.25) is 0 Å². The number of halogens is 6. The molecule has 9 nitrogen and oxygen atoms in total. The van der Waals surface area contributed by atoms with Crippen LogP contribution in [0.15, 0.2) is 114 Å². The van der Waals surface area contributed by atoms with Gasteiger partial charge in [-0.1, -0.05) is 54.6 Å². The maximum atomic E-state index is 15.2. The first-order chi connectivity index (χ1) is 25.6. The number of anilines is 1. The Morgan fingerprint density at radius 2 is 1.46 bits per heavy atom. The number of carbonyl (C=O) groups is 2. The quantitative estimate of drug-likeness (QED) is 0.0908. The lowest BCUT2D eigenvalue weighted by molar-refractivity contribution is -0.139. The number of carboxylic acids is 1. The van der Waals surface area contributed by atoms with Crippen LogP contribution in [-0.2, 0) is 27.7 Å². The molecule has 1 unspecified atom stereocenters. The summed E-state index contributed by atoms with van der Waals surface area (Å²) in [5, 5.41) is 12.4. The Hall–Kier alpha value is -6.29. The van der Waals surface area contributed by atoms with Crippen molar-refractivity contribution < 1.29 is 49.5 Å². The first-order valence-electron chi connectivity index (χ1n) is 15.9. The number of aliphatic carboxylic acids is 1. The standard InChI is InChI=1S/C38H26F6N4O5S/c39-30-18-25(48-54(52,53)26-10-7-21(8-11-26)22-13-15-45-33(41)17-22)19-31(40)34(30)36(49)47-32(37(50)51)16-23-9-12-29(35-28(23)6-3-14-46-35)27-5-2-1-4-24(27)20-38(42,43)44/h1-15,17-19,32,48H,16,20H2,(H,47,49)(H,50,51). The predicted molar refractivity (Wildman–Crippen MR) is 186 cm³/mol. The molecule has 0 spiro atoms. The first-order valence-corrected chi connectivity index (χ1v) is 17.4. The zero-order valence-corrected chi connectivity index (χ0v) is 28.4. The third-order valence-electron chi connectivity index (χ3n) is 8.33. The molecule has 0 aliphatic heterocycles. The van der Waals surface area contributed by atoms with E-state index < -0.39 is 75.8 Å². The molecule has 0 saturated heterocycles. The summed E-state index contributed by atoms with van der Waals surface area (Å²) < 4.78 is 112. The average Bonchev–Trinajstić information content (AvgIpc) is 3.10. The van der Waals surface area contributed by atoms with Gasteiger partial charge in [0.15, 0.2) is 0 Å². The van der Waals surface area contributed by atoms with Gasteiger partial charge in [-0.25, -0.2) is 27.0 Å². The van der Waals surface area contributed by atoms with Crippen molar-refractivity contribution in [2.24, 2.45) is 0 Å². The number of alkyl halides is 3. The molecule has 6 rings (SSSR count). The highest BCUT2D eigenvalue weighted by Crippen LogP contribution is 2.35. The van der Waals surface area contributed by atoms with Gasteiger partial charge in [0, 0.05) is 35.8 Å². The van der Waals surface area contributed by atoms with Gasteiger partial charge in [-0.05, 0) is 64.2 Å². The van der Waals surface area contributed by atoms with Crippen molar-refractivity contribution in [3.05, 3.63) is 144 Å². The number of hydrogen-bond donors (Lipinski definition) is 3. The van der Waals surface area contributed by atoms with Crippen LogP contribution < -0.4 is 10.0 Å². The van der Waals surface area contributed by atoms with Crippen LogP contribution in [0.25, 0.3) is 33.2 Å². The van der Waals surface area contributed by atoms with E-state index in [4.69, 9.17) is 0 Å². The molecule has 0 radical (unpaired) electrons. The number of nitrogens with one attached hydrogen (secondary N) is 2. The van der Waals surface area contributed by atoms with Gasteiger partial charge in [0.2, 0.25) is 5.95 Å². The molecule has 2 aromatic heterocycles. The van der Waals surface area contributed by atoms with Crippen LogP contribution in [0, 0.1) is 17.6 Å². The Labute approximate surface area is 303 Å². The second kappa shape index (κ2) is 15.0. The summed E-state index contributed by atoms with van der Waals surface area (Å²) in [6, 6.07) is 19.1. The summed E-state index contributed by atoms with van der Waals surface area (Å²) in [7, 11) is -4.40. The van der Waals surface area contributed by atoms with Gasteiger partial charge in [-0.3, -0.25) is 14.5 Å². The van der Waals surface area contributed by atoms with Crippen molar-refractivity contribution in [1.82, 2.24) is 15.3 Å². The van der Waals surface area contributed by atoms with Crippen LogP contribution in [0.3, 0.4) is 0 Å². The highest BCUT2D eigenvalue weighted by Gasteiger charge is 2.30. The molecule has 16 heteroatoms. The van der Waals surface area contributed by atoms with Gasteiger partial charge in [0.25, 0.3) is 15.9 Å². The summed E-state index contributed by atoms with van der Waals surface area (Å²) in [5.41, 5.74) is 0.326. The van der Waals surface area contributed by atoms with Gasteiger partial charge >= 0.3 is 12.1 Å². The molecule has 4 aromatic carbocycles. The average molecular weight is 765 g/mol. The molecule has 0 saturated carbocycles. The fourth-order valence-corrected chi connectivity index (χ4v) is 6.94. The minimum absolute atomic E-state index is 0.00215. The molecule has 1 atom stereocenters. The SMILES string of the molecule is O=C(NC(Cc1ccc(-c2ccccc2CC(F)(F)F)c2ncccc12)C(=O)O)c1c(F)cc(NS(=O)(=O)c2ccc(-c3ccnc(F)c3)cc2)cc1F. The molecule has 0 aliphatic carbocycles. The van der Waals surface area contributed by atoms with Crippen molar-refractivity contribution in [1.29, 1.82) is 0 Å². The van der Waals surface area contributed by atoms with Crippen molar-refractivity contribution in [3.8, 4) is 22.3 Å². The van der Waals surface area contributed by atoms with Gasteiger partial charge in [-0.15, -0.1) is 0 Å². The van der Waals surface area contributed by atoms with Crippen LogP contribution >= 0.6 is 0 Å². The van der Waals surface area contributed by atoms with Gasteiger partial charge in [0.1, 0.15) is 23.2 Å². The number of nitrogens with zero attached hydrogens (tertiary/aromatic N) is 2. The van der Waals surface area contributed by atoms with Crippen LogP contribution in [-0.4, -0.2) is 47.6 Å². The second-order valence-electron chi connectivity index (χ2n) is 12.0. The van der Waals surface area contributed by atoms with Crippen molar-refractivity contribution in [2.45, 2.75) is 30.0 Å². The Balaban J connectivity index is 1.21. The van der Waals surface area contributed by atoms with Gasteiger partial charge in [-0.2, -0.15) is 17.6 Å². The second-order valence-corrected chi connectivity index (χ2v) is 13.7. The topological polar surface area (TPSA) is 138 Å². The van der Waals surface area contributed by atoms with Gasteiger partial charge in [0.05, 0.1) is 22.5 Å². The van der Waals surface area contributed by atoms with E-state index in [1.807, 2.05) is 4.72 Å². The third-order valence-corrected chi connectivity index (χ3v) is 9.73. The predicted octanol–water partition coefficient (Wildman–Crippen LogP) is 7.71. The summed E-state index contributed by atoms with van der Waals surface area (Å²) >= 11 is 0. The molecular formula is C38H26F6N4O5S. The summed E-state index contributed by atoms with van der Waals surface area (Å²) in [6.45, 7) is 0. The maximum absolute atomic E-state index is 15.2. The fraction of sp³-hybridized carbons (Fsp3) is 0.105. The number of hydrogen-bond acceptors (Lipinski definition) is 6. The molecule has 276 valence electrons. The van der Waals surface area contributed by atoms with E-state index in [2.05, 4.69) is 15.3 Å². The molecule has 0 bridgehead atoms. The van der Waals surface area contributed by atoms with Gasteiger partial charge < -0.3 is 10.4 Å². The van der Waals surface area contributed by atoms with E-state index in [0.717, 1.165) is 6.07 Å². The fourth-order valence-electron chi connectivity index (χ4n) is 5.90. The largest absolute Gasteiger partial charge is 0.480 e. The number of carbonyl (C=O) groups excluding carboxylic acids is 1. The van der Waals surface area contributed by atoms with Crippen LogP contribution in [0.1, 0.15) is 21.5 Å². The lowest BCUT2D eigenvalue weighted by atomic mass is 9.92. The van der Waals surface area contributed by atoms with E-state index in [1.165, 1.54) is 79.1 Å². The van der Waals surface area contributed by atoms with Crippen LogP contribution in [0.5, 0.6) is 0 Å². The minimum Gasteiger partial charge on any atom is -0.480 e. The smallest absolute Gasteiger partial charge is 0.393 e. The summed E-state index contributed by atoms with van der Waals surface area (Å²) in [4.78, 5) is 32.9. The van der Waals surface area contributed by atoms with E-state index in [0.29, 0.717) is 39.8 Å². The van der Waals surface area contributed by atoms with Crippen molar-refractivity contribution in [3.63, 3.8) is 0 Å². The lowest BCUT2D eigenvalue weighted by Crippen LogP contribution is -2.43. The number of fused-ring (bicyclic) bond motifs is 1. The molecular weight excluding hydrogens is 738 g/mol. The third kappa shape index (κ3) is 8.33. The number of carboxylic acid groups (broad SMARTS) is 1. The maximum Gasteiger partial charge on any atom is 0.393 e. The Kier molecular flexibility index (Phi) is 10.4. The molecule has 6 aromatic rings. The summed E-state index contributed by atoms with van der Waals surface area (Å²) in [5.74, 6) is -6.75. The highest BCUT2D eigenvalue weighted by molar-refractivity contribution is 7.92. The van der Waals surface area contributed by atoms with Crippen molar-refractivity contribution >= 4 is 38.5 Å². The van der Waals surface area contributed by atoms with E-state index in [9.17, 15) is 40.7 Å². The lowest BCUT2D eigenvalue weighted by Gasteiger charge is -2.18. The number of amides is 1. The van der Waals surface area contributed by atoms with E-state index in [1.54, 1.807) is 12.1 Å². The first kappa shape index (κ1) is 37.5. The highest BCUT2D eigenvalue weighted by atomic mass is 32.2. The molecule has 2 heterocycles. The Bertz CT molecular complexity index is 2490. The zero-order chi connectivity index (χ0) is 38.8. The van der Waals surface area contributed by atoms with E-state index in [-0.39, 0.29) is 21.5 Å². The number of pyridine rings is 2. The van der Waals surface area contributed by atoms with E-state index >= 15 is 8.78 Å². The molecule has 54 heavy (non-hydrogen) atoms. The molecule has 0 aliphatic rings. The normalized spacial score (nSPS) is 12.3. The van der Waals surface area contributed by atoms with Crippen molar-refractivity contribution in [2.75, 3.05) is 4.72 Å². The van der Waals surface area contributed by atoms with Crippen LogP contribution in [0.4, 0.5) is 32.0 Å². The molecule has 1 amide bonds. The Morgan fingerprint density at radius 1 is 0.759 bits per heavy atom. The number of rotatable bonds is 11. The summed E-state index contributed by atoms with van der Waals surface area (Å²) in [6.07, 6.45) is -3.45.